The number of anilines is 1. The first-order valence-corrected chi connectivity index (χ1v) is 6.33. The molecule has 0 amide bonds. The number of hydrogen-bond acceptors (Lipinski definition) is 3. The molecule has 0 aliphatic rings. The Morgan fingerprint density at radius 3 is 2.63 bits per heavy atom. The summed E-state index contributed by atoms with van der Waals surface area (Å²) in [5, 5.41) is 7.00. The minimum Gasteiger partial charge on any atom is -0.378 e. The van der Waals surface area contributed by atoms with Crippen LogP contribution in [0, 0.1) is 0 Å². The number of nitrogens with one attached hydrogen (secondary N) is 1. The van der Waals surface area contributed by atoms with Gasteiger partial charge in [-0.15, -0.1) is 0 Å². The molecule has 0 bridgehead atoms. The lowest BCUT2D eigenvalue weighted by atomic mass is 10.3. The predicted octanol–water partition coefficient (Wildman–Crippen LogP) is 3.64. The van der Waals surface area contributed by atoms with E-state index in [1.807, 2.05) is 6.07 Å². The van der Waals surface area contributed by atoms with Crippen LogP contribution >= 0.6 is 11.8 Å². The molecular formula is C12H12F3N3S. The molecule has 0 atom stereocenters. The Morgan fingerprint density at radius 2 is 2.00 bits per heavy atom. The van der Waals surface area contributed by atoms with Crippen molar-refractivity contribution in [3.05, 3.63) is 42.2 Å². The fourth-order valence-electron chi connectivity index (χ4n) is 1.59. The van der Waals surface area contributed by atoms with Crippen molar-refractivity contribution in [3.8, 4) is 0 Å². The standard InChI is InChI=1S/C12H12F3N3S/c1-18-9(6-7-17-18)8-16-10-4-2-3-5-11(10)19-12(13,14)15/h2-7,16H,8H2,1H3. The molecule has 0 unspecified atom stereocenters. The highest BCUT2D eigenvalue weighted by Gasteiger charge is 2.30. The lowest BCUT2D eigenvalue weighted by Gasteiger charge is -2.13. The molecule has 1 heterocycles. The van der Waals surface area contributed by atoms with Gasteiger partial charge < -0.3 is 5.32 Å². The topological polar surface area (TPSA) is 29.9 Å². The summed E-state index contributed by atoms with van der Waals surface area (Å²) in [6.45, 7) is 0.423. The molecule has 2 rings (SSSR count). The van der Waals surface area contributed by atoms with E-state index in [4.69, 9.17) is 0 Å². The van der Waals surface area contributed by atoms with E-state index in [9.17, 15) is 13.2 Å². The second kappa shape index (κ2) is 5.56. The lowest BCUT2D eigenvalue weighted by molar-refractivity contribution is -0.0327. The minimum atomic E-state index is -4.29. The summed E-state index contributed by atoms with van der Waals surface area (Å²) < 4.78 is 38.9. The number of halogens is 3. The molecule has 0 fully saturated rings. The molecule has 102 valence electrons. The van der Waals surface area contributed by atoms with E-state index >= 15 is 0 Å². The van der Waals surface area contributed by atoms with E-state index in [0.717, 1.165) is 5.69 Å². The molecule has 3 nitrogen and oxygen atoms in total. The van der Waals surface area contributed by atoms with Gasteiger partial charge in [0.05, 0.1) is 12.2 Å². The van der Waals surface area contributed by atoms with Crippen LogP contribution in [0.2, 0.25) is 0 Å². The molecule has 1 N–H and O–H groups in total. The Bertz CT molecular complexity index is 551. The molecule has 1 aromatic carbocycles. The number of thioether (sulfide) groups is 1. The second-order valence-electron chi connectivity index (χ2n) is 3.84. The van der Waals surface area contributed by atoms with Crippen molar-refractivity contribution < 1.29 is 13.2 Å². The van der Waals surface area contributed by atoms with Gasteiger partial charge in [0.2, 0.25) is 0 Å². The number of nitrogens with zero attached hydrogens (tertiary/aromatic N) is 2. The zero-order valence-corrected chi connectivity index (χ0v) is 10.9. The van der Waals surface area contributed by atoms with Crippen LogP contribution < -0.4 is 5.32 Å². The number of hydrogen-bond donors (Lipinski definition) is 1. The van der Waals surface area contributed by atoms with E-state index in [-0.39, 0.29) is 16.7 Å². The quantitative estimate of drug-likeness (QED) is 0.871. The zero-order chi connectivity index (χ0) is 13.9. The second-order valence-corrected chi connectivity index (χ2v) is 4.95. The largest absolute Gasteiger partial charge is 0.446 e. The van der Waals surface area contributed by atoms with Crippen molar-refractivity contribution in [3.63, 3.8) is 0 Å². The first kappa shape index (κ1) is 13.8. The fourth-order valence-corrected chi connectivity index (χ4v) is 2.23. The van der Waals surface area contributed by atoms with Crippen LogP contribution in [0.4, 0.5) is 18.9 Å². The van der Waals surface area contributed by atoms with Gasteiger partial charge in [-0.05, 0) is 30.0 Å². The number of alkyl halides is 3. The Hall–Kier alpha value is -1.63. The summed E-state index contributed by atoms with van der Waals surface area (Å²) in [7, 11) is 1.79. The van der Waals surface area contributed by atoms with Gasteiger partial charge in [0.1, 0.15) is 0 Å². The Morgan fingerprint density at radius 1 is 1.26 bits per heavy atom. The summed E-state index contributed by atoms with van der Waals surface area (Å²) in [6.07, 6.45) is 1.65. The molecule has 0 spiro atoms. The monoisotopic (exact) mass is 287 g/mol. The molecule has 0 radical (unpaired) electrons. The first-order valence-electron chi connectivity index (χ1n) is 5.51. The Balaban J connectivity index is 2.10. The number of para-hydroxylation sites is 1. The Labute approximate surface area is 112 Å². The molecule has 0 saturated carbocycles. The molecule has 2 aromatic rings. The predicted molar refractivity (Wildman–Crippen MR) is 68.9 cm³/mol. The third-order valence-electron chi connectivity index (χ3n) is 2.50. The fraction of sp³-hybridized carbons (Fsp3) is 0.250. The van der Waals surface area contributed by atoms with Crippen LogP contribution in [0.1, 0.15) is 5.69 Å². The molecule has 0 aliphatic heterocycles. The third kappa shape index (κ3) is 3.92. The van der Waals surface area contributed by atoms with Gasteiger partial charge in [-0.25, -0.2) is 0 Å². The molecule has 0 saturated heterocycles. The van der Waals surface area contributed by atoms with Gasteiger partial charge in [-0.3, -0.25) is 4.68 Å². The van der Waals surface area contributed by atoms with Crippen molar-refractivity contribution in [2.75, 3.05) is 5.32 Å². The smallest absolute Gasteiger partial charge is 0.378 e. The van der Waals surface area contributed by atoms with Crippen LogP contribution in [0.3, 0.4) is 0 Å². The maximum atomic E-state index is 12.4. The van der Waals surface area contributed by atoms with Crippen molar-refractivity contribution in [2.24, 2.45) is 7.05 Å². The van der Waals surface area contributed by atoms with E-state index in [2.05, 4.69) is 10.4 Å². The van der Waals surface area contributed by atoms with E-state index < -0.39 is 5.51 Å². The average Bonchev–Trinajstić information content (AvgIpc) is 2.72. The highest BCUT2D eigenvalue weighted by atomic mass is 32.2. The van der Waals surface area contributed by atoms with Crippen LogP contribution in [0.5, 0.6) is 0 Å². The molecule has 0 aliphatic carbocycles. The van der Waals surface area contributed by atoms with Gasteiger partial charge in [0.15, 0.2) is 0 Å². The van der Waals surface area contributed by atoms with Gasteiger partial charge >= 0.3 is 5.51 Å². The van der Waals surface area contributed by atoms with Crippen molar-refractivity contribution in [1.82, 2.24) is 9.78 Å². The third-order valence-corrected chi connectivity index (χ3v) is 3.30. The van der Waals surface area contributed by atoms with Crippen molar-refractivity contribution in [2.45, 2.75) is 16.9 Å². The van der Waals surface area contributed by atoms with E-state index in [0.29, 0.717) is 12.2 Å². The number of rotatable bonds is 4. The highest BCUT2D eigenvalue weighted by Crippen LogP contribution is 2.40. The maximum Gasteiger partial charge on any atom is 0.446 e. The molecule has 19 heavy (non-hydrogen) atoms. The Kier molecular flexibility index (Phi) is 4.04. The number of aromatic nitrogens is 2. The zero-order valence-electron chi connectivity index (χ0n) is 10.1. The summed E-state index contributed by atoms with van der Waals surface area (Å²) in [5.74, 6) is 0. The van der Waals surface area contributed by atoms with Crippen LogP contribution in [0.25, 0.3) is 0 Å². The van der Waals surface area contributed by atoms with Crippen molar-refractivity contribution >= 4 is 17.4 Å². The first-order chi connectivity index (χ1) is 8.96. The number of aryl methyl sites for hydroxylation is 1. The molecule has 7 heteroatoms. The average molecular weight is 287 g/mol. The SMILES string of the molecule is Cn1nccc1CNc1ccccc1SC(F)(F)F. The van der Waals surface area contributed by atoms with Gasteiger partial charge in [-0.1, -0.05) is 12.1 Å². The van der Waals surface area contributed by atoms with E-state index in [1.54, 1.807) is 36.1 Å². The van der Waals surface area contributed by atoms with Gasteiger partial charge in [0, 0.05) is 23.8 Å². The maximum absolute atomic E-state index is 12.4. The van der Waals surface area contributed by atoms with Crippen LogP contribution in [-0.2, 0) is 13.6 Å². The van der Waals surface area contributed by atoms with E-state index in [1.165, 1.54) is 6.07 Å². The lowest BCUT2D eigenvalue weighted by Crippen LogP contribution is -2.07. The summed E-state index contributed by atoms with van der Waals surface area (Å²) in [6, 6.07) is 8.18. The number of benzene rings is 1. The van der Waals surface area contributed by atoms with Crippen molar-refractivity contribution in [1.29, 1.82) is 0 Å². The normalized spacial score (nSPS) is 11.6. The van der Waals surface area contributed by atoms with Crippen LogP contribution in [-0.4, -0.2) is 15.3 Å². The minimum absolute atomic E-state index is 0.116. The molecule has 1 aromatic heterocycles. The van der Waals surface area contributed by atoms with Gasteiger partial charge in [-0.2, -0.15) is 18.3 Å². The summed E-state index contributed by atoms with van der Waals surface area (Å²) in [5.41, 5.74) is -2.93. The summed E-state index contributed by atoms with van der Waals surface area (Å²) in [4.78, 5) is 0.164. The molecular weight excluding hydrogens is 275 g/mol. The van der Waals surface area contributed by atoms with Crippen LogP contribution in [0.15, 0.2) is 41.4 Å². The van der Waals surface area contributed by atoms with Gasteiger partial charge in [0.25, 0.3) is 0 Å². The summed E-state index contributed by atoms with van der Waals surface area (Å²) >= 11 is -0.116. The highest BCUT2D eigenvalue weighted by molar-refractivity contribution is 8.00.